The summed E-state index contributed by atoms with van der Waals surface area (Å²) in [6.45, 7) is 7.77. The molecule has 1 heterocycles. The van der Waals surface area contributed by atoms with Crippen LogP contribution in [0.5, 0.6) is 0 Å². The van der Waals surface area contributed by atoms with Gasteiger partial charge in [-0.2, -0.15) is 0 Å². The number of amides is 1. The number of carbonyl (C=O) groups is 1. The molecule has 0 radical (unpaired) electrons. The van der Waals surface area contributed by atoms with Crippen LogP contribution in [0.1, 0.15) is 44.0 Å². The second-order valence-corrected chi connectivity index (χ2v) is 5.96. The quantitative estimate of drug-likeness (QED) is 0.876. The number of anilines is 1. The van der Waals surface area contributed by atoms with Gasteiger partial charge in [-0.1, -0.05) is 19.9 Å². The lowest BCUT2D eigenvalue weighted by Gasteiger charge is -2.33. The van der Waals surface area contributed by atoms with E-state index >= 15 is 0 Å². The van der Waals surface area contributed by atoms with Crippen LogP contribution in [-0.2, 0) is 4.74 Å². The van der Waals surface area contributed by atoms with Crippen molar-refractivity contribution in [3.63, 3.8) is 0 Å². The fraction of sp³-hybridized carbons (Fsp3) is 0.588. The fourth-order valence-electron chi connectivity index (χ4n) is 2.67. The second-order valence-electron chi connectivity index (χ2n) is 5.96. The van der Waals surface area contributed by atoms with Crippen molar-refractivity contribution in [1.29, 1.82) is 0 Å². The molecule has 1 amide bonds. The van der Waals surface area contributed by atoms with Crippen molar-refractivity contribution in [3.05, 3.63) is 29.8 Å². The van der Waals surface area contributed by atoms with Crippen LogP contribution in [-0.4, -0.2) is 31.2 Å². The molecule has 2 atom stereocenters. The maximum Gasteiger partial charge on any atom is 0.251 e. The van der Waals surface area contributed by atoms with Crippen molar-refractivity contribution in [2.24, 2.45) is 5.92 Å². The molecule has 1 aliphatic rings. The van der Waals surface area contributed by atoms with E-state index in [0.717, 1.165) is 25.1 Å². The van der Waals surface area contributed by atoms with Crippen LogP contribution >= 0.6 is 0 Å². The summed E-state index contributed by atoms with van der Waals surface area (Å²) < 4.78 is 5.80. The predicted molar refractivity (Wildman–Crippen MR) is 85.7 cm³/mol. The molecule has 2 rings (SSSR count). The molecule has 0 aliphatic carbocycles. The van der Waals surface area contributed by atoms with Gasteiger partial charge in [0.1, 0.15) is 0 Å². The summed E-state index contributed by atoms with van der Waals surface area (Å²) in [5.74, 6) is 0.518. The molecule has 0 aromatic heterocycles. The normalized spacial score (nSPS) is 22.1. The zero-order valence-corrected chi connectivity index (χ0v) is 13.2. The summed E-state index contributed by atoms with van der Waals surface area (Å²) in [7, 11) is 0. The number of hydrogen-bond acceptors (Lipinski definition) is 3. The van der Waals surface area contributed by atoms with Gasteiger partial charge in [-0.15, -0.1) is 0 Å². The summed E-state index contributed by atoms with van der Waals surface area (Å²) in [5, 5.41) is 6.37. The smallest absolute Gasteiger partial charge is 0.251 e. The molecule has 2 N–H and O–H groups in total. The van der Waals surface area contributed by atoms with Gasteiger partial charge in [-0.3, -0.25) is 4.79 Å². The van der Waals surface area contributed by atoms with Crippen molar-refractivity contribution in [2.75, 3.05) is 18.5 Å². The number of hydrogen-bond donors (Lipinski definition) is 2. The number of carbonyl (C=O) groups excluding carboxylic acids is 1. The van der Waals surface area contributed by atoms with E-state index in [1.165, 1.54) is 0 Å². The maximum atomic E-state index is 11.9. The van der Waals surface area contributed by atoms with E-state index in [-0.39, 0.29) is 5.91 Å². The van der Waals surface area contributed by atoms with Crippen LogP contribution in [0.15, 0.2) is 24.3 Å². The van der Waals surface area contributed by atoms with Crippen molar-refractivity contribution in [3.8, 4) is 0 Å². The van der Waals surface area contributed by atoms with E-state index in [1.54, 1.807) is 0 Å². The molecule has 1 aromatic rings. The minimum absolute atomic E-state index is 0.0202. The third kappa shape index (κ3) is 4.46. The van der Waals surface area contributed by atoms with E-state index in [0.29, 0.717) is 30.2 Å². The zero-order valence-electron chi connectivity index (χ0n) is 13.2. The summed E-state index contributed by atoms with van der Waals surface area (Å²) in [4.78, 5) is 11.9. The first-order valence-electron chi connectivity index (χ1n) is 7.86. The highest BCUT2D eigenvalue weighted by Gasteiger charge is 2.24. The third-order valence-corrected chi connectivity index (χ3v) is 3.89. The first-order valence-corrected chi connectivity index (χ1v) is 7.86. The largest absolute Gasteiger partial charge is 0.382 e. The molecule has 1 aliphatic heterocycles. The van der Waals surface area contributed by atoms with E-state index in [4.69, 9.17) is 4.74 Å². The van der Waals surface area contributed by atoms with Crippen molar-refractivity contribution in [1.82, 2.24) is 5.32 Å². The Labute approximate surface area is 127 Å². The Morgan fingerprint density at radius 2 is 2.24 bits per heavy atom. The lowest BCUT2D eigenvalue weighted by atomic mass is 9.95. The Hall–Kier alpha value is -1.55. The van der Waals surface area contributed by atoms with Crippen LogP contribution in [0.2, 0.25) is 0 Å². The Morgan fingerprint density at radius 1 is 1.43 bits per heavy atom. The number of ether oxygens (including phenoxy) is 1. The van der Waals surface area contributed by atoms with Gasteiger partial charge in [0.25, 0.3) is 5.91 Å². The molecule has 0 bridgehead atoms. The molecule has 116 valence electrons. The van der Waals surface area contributed by atoms with Crippen LogP contribution in [0, 0.1) is 5.92 Å². The molecule has 0 spiro atoms. The average molecular weight is 290 g/mol. The SMILES string of the molecule is CCNC(=O)c1cccc(NC2CCOC(C(C)C)C2)c1. The highest BCUT2D eigenvalue weighted by atomic mass is 16.5. The molecule has 21 heavy (non-hydrogen) atoms. The first kappa shape index (κ1) is 15.8. The lowest BCUT2D eigenvalue weighted by Crippen LogP contribution is -2.36. The first-order chi connectivity index (χ1) is 10.1. The van der Waals surface area contributed by atoms with E-state index in [9.17, 15) is 4.79 Å². The summed E-state index contributed by atoms with van der Waals surface area (Å²) in [6.07, 6.45) is 2.35. The Balaban J connectivity index is 1.99. The van der Waals surface area contributed by atoms with E-state index < -0.39 is 0 Å². The Kier molecular flexibility index (Phi) is 5.62. The summed E-state index contributed by atoms with van der Waals surface area (Å²) >= 11 is 0. The molecular weight excluding hydrogens is 264 g/mol. The lowest BCUT2D eigenvalue weighted by molar-refractivity contribution is -0.0160. The number of rotatable bonds is 5. The molecule has 1 fully saturated rings. The van der Waals surface area contributed by atoms with E-state index in [1.807, 2.05) is 31.2 Å². The molecule has 4 nitrogen and oxygen atoms in total. The number of nitrogens with one attached hydrogen (secondary N) is 2. The van der Waals surface area contributed by atoms with E-state index in [2.05, 4.69) is 24.5 Å². The molecule has 1 saturated heterocycles. The Bertz CT molecular complexity index is 474. The topological polar surface area (TPSA) is 50.4 Å². The van der Waals surface area contributed by atoms with Crippen LogP contribution < -0.4 is 10.6 Å². The highest BCUT2D eigenvalue weighted by Crippen LogP contribution is 2.23. The highest BCUT2D eigenvalue weighted by molar-refractivity contribution is 5.95. The van der Waals surface area contributed by atoms with Crippen molar-refractivity contribution in [2.45, 2.75) is 45.8 Å². The van der Waals surface area contributed by atoms with Gasteiger partial charge in [0.05, 0.1) is 6.10 Å². The molecule has 0 saturated carbocycles. The Morgan fingerprint density at radius 3 is 2.95 bits per heavy atom. The zero-order chi connectivity index (χ0) is 15.2. The van der Waals surface area contributed by atoms with Gasteiger partial charge >= 0.3 is 0 Å². The molecule has 4 heteroatoms. The summed E-state index contributed by atoms with van der Waals surface area (Å²) in [6, 6.07) is 8.12. The van der Waals surface area contributed by atoms with Gasteiger partial charge in [0.2, 0.25) is 0 Å². The monoisotopic (exact) mass is 290 g/mol. The average Bonchev–Trinajstić information content (AvgIpc) is 2.48. The maximum absolute atomic E-state index is 11.9. The van der Waals surface area contributed by atoms with Gasteiger partial charge in [0, 0.05) is 30.4 Å². The second kappa shape index (κ2) is 7.46. The molecule has 1 aromatic carbocycles. The minimum Gasteiger partial charge on any atom is -0.382 e. The van der Waals surface area contributed by atoms with Gasteiger partial charge in [-0.25, -0.2) is 0 Å². The van der Waals surface area contributed by atoms with Gasteiger partial charge in [0.15, 0.2) is 0 Å². The summed E-state index contributed by atoms with van der Waals surface area (Å²) in [5.41, 5.74) is 1.71. The third-order valence-electron chi connectivity index (χ3n) is 3.89. The standard InChI is InChI=1S/C17H26N2O2/c1-4-18-17(20)13-6-5-7-14(10-13)19-15-8-9-21-16(11-15)12(2)3/h5-7,10,12,15-16,19H,4,8-9,11H2,1-3H3,(H,18,20). The van der Waals surface area contributed by atoms with Gasteiger partial charge in [-0.05, 0) is 43.9 Å². The molecular formula is C17H26N2O2. The van der Waals surface area contributed by atoms with Crippen molar-refractivity contribution >= 4 is 11.6 Å². The molecule has 2 unspecified atom stereocenters. The minimum atomic E-state index is -0.0202. The van der Waals surface area contributed by atoms with Gasteiger partial charge < -0.3 is 15.4 Å². The van der Waals surface area contributed by atoms with Crippen LogP contribution in [0.25, 0.3) is 0 Å². The predicted octanol–water partition coefficient (Wildman–Crippen LogP) is 3.05. The number of benzene rings is 1. The van der Waals surface area contributed by atoms with Crippen LogP contribution in [0.4, 0.5) is 5.69 Å². The fourth-order valence-corrected chi connectivity index (χ4v) is 2.67. The van der Waals surface area contributed by atoms with Crippen molar-refractivity contribution < 1.29 is 9.53 Å². The van der Waals surface area contributed by atoms with Crippen LogP contribution in [0.3, 0.4) is 0 Å².